The van der Waals surface area contributed by atoms with E-state index in [1.165, 1.54) is 0 Å². The summed E-state index contributed by atoms with van der Waals surface area (Å²) in [5.41, 5.74) is 0.953. The van der Waals surface area contributed by atoms with Crippen LogP contribution >= 0.6 is 22.9 Å². The lowest BCUT2D eigenvalue weighted by Crippen LogP contribution is -2.47. The number of amides is 1. The smallest absolute Gasteiger partial charge is 0.219 e. The Kier molecular flexibility index (Phi) is 4.36. The highest BCUT2D eigenvalue weighted by atomic mass is 35.5. The van der Waals surface area contributed by atoms with Crippen LogP contribution in [0.15, 0.2) is 5.38 Å². The lowest BCUT2D eigenvalue weighted by atomic mass is 10.3. The van der Waals surface area contributed by atoms with Gasteiger partial charge in [-0.05, 0) is 0 Å². The lowest BCUT2D eigenvalue weighted by molar-refractivity contribution is -0.130. The average molecular weight is 274 g/mol. The summed E-state index contributed by atoms with van der Waals surface area (Å²) < 4.78 is 0. The number of nitrogens with zero attached hydrogens (tertiary/aromatic N) is 3. The van der Waals surface area contributed by atoms with Gasteiger partial charge in [-0.2, -0.15) is 0 Å². The van der Waals surface area contributed by atoms with Crippen molar-refractivity contribution in [2.45, 2.75) is 19.3 Å². The Morgan fingerprint density at radius 3 is 2.71 bits per heavy atom. The second kappa shape index (κ2) is 5.80. The fourth-order valence-corrected chi connectivity index (χ4v) is 2.96. The molecule has 1 aliphatic rings. The molecule has 2 rings (SSSR count). The minimum Gasteiger partial charge on any atom is -0.340 e. The van der Waals surface area contributed by atoms with E-state index in [4.69, 9.17) is 11.6 Å². The van der Waals surface area contributed by atoms with Crippen molar-refractivity contribution in [1.82, 2.24) is 14.8 Å². The van der Waals surface area contributed by atoms with Gasteiger partial charge >= 0.3 is 0 Å². The SMILES string of the molecule is CC(=O)N1CCN(Cc2nc(CCl)cs2)CC1. The van der Waals surface area contributed by atoms with Gasteiger partial charge in [-0.15, -0.1) is 22.9 Å². The standard InChI is InChI=1S/C11H16ClN3OS/c1-9(16)15-4-2-14(3-5-15)7-11-13-10(6-12)8-17-11/h8H,2-7H2,1H3. The van der Waals surface area contributed by atoms with E-state index in [2.05, 4.69) is 9.88 Å². The summed E-state index contributed by atoms with van der Waals surface area (Å²) in [6.07, 6.45) is 0. The summed E-state index contributed by atoms with van der Waals surface area (Å²) in [4.78, 5) is 19.9. The van der Waals surface area contributed by atoms with Crippen LogP contribution in [0.3, 0.4) is 0 Å². The third-order valence-corrected chi connectivity index (χ3v) is 4.07. The quantitative estimate of drug-likeness (QED) is 0.784. The van der Waals surface area contributed by atoms with Gasteiger partial charge in [-0.1, -0.05) is 0 Å². The van der Waals surface area contributed by atoms with Gasteiger partial charge in [0.05, 0.1) is 18.1 Å². The molecule has 6 heteroatoms. The Labute approximate surface area is 110 Å². The zero-order valence-corrected chi connectivity index (χ0v) is 11.4. The predicted octanol–water partition coefficient (Wildman–Crippen LogP) is 1.55. The molecule has 17 heavy (non-hydrogen) atoms. The van der Waals surface area contributed by atoms with Gasteiger partial charge in [0.15, 0.2) is 0 Å². The summed E-state index contributed by atoms with van der Waals surface area (Å²) in [6, 6.07) is 0. The molecule has 1 aliphatic heterocycles. The molecule has 1 saturated heterocycles. The molecular formula is C11H16ClN3OS. The van der Waals surface area contributed by atoms with E-state index >= 15 is 0 Å². The number of hydrogen-bond donors (Lipinski definition) is 0. The Bertz CT molecular complexity index is 388. The zero-order chi connectivity index (χ0) is 12.3. The number of hydrogen-bond acceptors (Lipinski definition) is 4. The summed E-state index contributed by atoms with van der Waals surface area (Å²) in [6.45, 7) is 5.99. The van der Waals surface area contributed by atoms with E-state index in [-0.39, 0.29) is 5.91 Å². The second-order valence-electron chi connectivity index (χ2n) is 4.15. The maximum Gasteiger partial charge on any atom is 0.219 e. The molecule has 1 aromatic rings. The van der Waals surface area contributed by atoms with Crippen molar-refractivity contribution in [3.8, 4) is 0 Å². The third kappa shape index (κ3) is 3.40. The first-order valence-electron chi connectivity index (χ1n) is 5.66. The van der Waals surface area contributed by atoms with E-state index in [1.807, 2.05) is 10.3 Å². The zero-order valence-electron chi connectivity index (χ0n) is 9.86. The van der Waals surface area contributed by atoms with Crippen LogP contribution in [-0.4, -0.2) is 46.9 Å². The largest absolute Gasteiger partial charge is 0.340 e. The van der Waals surface area contributed by atoms with Gasteiger partial charge in [0, 0.05) is 38.5 Å². The van der Waals surface area contributed by atoms with Crippen molar-refractivity contribution in [2.75, 3.05) is 26.2 Å². The number of thiazole rings is 1. The van der Waals surface area contributed by atoms with E-state index in [0.717, 1.165) is 43.4 Å². The number of aromatic nitrogens is 1. The molecule has 0 atom stereocenters. The first-order valence-corrected chi connectivity index (χ1v) is 7.07. The van der Waals surface area contributed by atoms with Crippen molar-refractivity contribution < 1.29 is 4.79 Å². The number of piperazine rings is 1. The molecule has 1 fully saturated rings. The fraction of sp³-hybridized carbons (Fsp3) is 0.636. The third-order valence-electron chi connectivity index (χ3n) is 2.91. The molecule has 1 aromatic heterocycles. The van der Waals surface area contributed by atoms with Crippen LogP contribution in [0, 0.1) is 0 Å². The van der Waals surface area contributed by atoms with Crippen molar-refractivity contribution in [3.63, 3.8) is 0 Å². The molecule has 0 aliphatic carbocycles. The van der Waals surface area contributed by atoms with Gasteiger partial charge in [0.1, 0.15) is 5.01 Å². The Hall–Kier alpha value is -0.650. The van der Waals surface area contributed by atoms with Crippen molar-refractivity contribution in [2.24, 2.45) is 0 Å². The van der Waals surface area contributed by atoms with Gasteiger partial charge in [0.2, 0.25) is 5.91 Å². The van der Waals surface area contributed by atoms with Crippen LogP contribution in [0.25, 0.3) is 0 Å². The summed E-state index contributed by atoms with van der Waals surface area (Å²) in [5.74, 6) is 0.651. The molecule has 94 valence electrons. The first-order chi connectivity index (χ1) is 8.19. The molecular weight excluding hydrogens is 258 g/mol. The highest BCUT2D eigenvalue weighted by Crippen LogP contribution is 2.15. The minimum atomic E-state index is 0.170. The van der Waals surface area contributed by atoms with Crippen LogP contribution in [-0.2, 0) is 17.2 Å². The molecule has 0 radical (unpaired) electrons. The van der Waals surface area contributed by atoms with E-state index in [1.54, 1.807) is 18.3 Å². The van der Waals surface area contributed by atoms with Gasteiger partial charge in [-0.3, -0.25) is 9.69 Å². The molecule has 0 unspecified atom stereocenters. The molecule has 2 heterocycles. The van der Waals surface area contributed by atoms with E-state index in [9.17, 15) is 4.79 Å². The minimum absolute atomic E-state index is 0.170. The predicted molar refractivity (Wildman–Crippen MR) is 69.2 cm³/mol. The molecule has 0 bridgehead atoms. The molecule has 1 amide bonds. The number of halogens is 1. The molecule has 0 N–H and O–H groups in total. The first kappa shape index (κ1) is 12.8. The number of carbonyl (C=O) groups is 1. The molecule has 0 spiro atoms. The highest BCUT2D eigenvalue weighted by Gasteiger charge is 2.19. The van der Waals surface area contributed by atoms with Crippen LogP contribution < -0.4 is 0 Å². The average Bonchev–Trinajstić information content (AvgIpc) is 2.77. The second-order valence-corrected chi connectivity index (χ2v) is 5.36. The molecule has 0 saturated carbocycles. The molecule has 0 aromatic carbocycles. The van der Waals surface area contributed by atoms with Crippen LogP contribution in [0.1, 0.15) is 17.6 Å². The van der Waals surface area contributed by atoms with Crippen molar-refractivity contribution in [3.05, 3.63) is 16.1 Å². The lowest BCUT2D eigenvalue weighted by Gasteiger charge is -2.33. The van der Waals surface area contributed by atoms with Crippen molar-refractivity contribution >= 4 is 28.8 Å². The van der Waals surface area contributed by atoms with Gasteiger partial charge in [0.25, 0.3) is 0 Å². The van der Waals surface area contributed by atoms with Crippen molar-refractivity contribution in [1.29, 1.82) is 0 Å². The Morgan fingerprint density at radius 1 is 1.47 bits per heavy atom. The Balaban J connectivity index is 1.83. The van der Waals surface area contributed by atoms with E-state index < -0.39 is 0 Å². The molecule has 4 nitrogen and oxygen atoms in total. The number of alkyl halides is 1. The summed E-state index contributed by atoms with van der Waals surface area (Å²) in [5, 5.41) is 3.12. The maximum atomic E-state index is 11.2. The van der Waals surface area contributed by atoms with Crippen LogP contribution in [0.5, 0.6) is 0 Å². The summed E-state index contributed by atoms with van der Waals surface area (Å²) in [7, 11) is 0. The van der Waals surface area contributed by atoms with Gasteiger partial charge in [-0.25, -0.2) is 4.98 Å². The topological polar surface area (TPSA) is 36.4 Å². The summed E-state index contributed by atoms with van der Waals surface area (Å²) >= 11 is 7.38. The fourth-order valence-electron chi connectivity index (χ4n) is 1.90. The monoisotopic (exact) mass is 273 g/mol. The van der Waals surface area contributed by atoms with Crippen LogP contribution in [0.4, 0.5) is 0 Å². The van der Waals surface area contributed by atoms with Gasteiger partial charge < -0.3 is 4.90 Å². The highest BCUT2D eigenvalue weighted by molar-refractivity contribution is 7.09. The number of carbonyl (C=O) groups excluding carboxylic acids is 1. The normalized spacial score (nSPS) is 17.4. The van der Waals surface area contributed by atoms with Crippen LogP contribution in [0.2, 0.25) is 0 Å². The Morgan fingerprint density at radius 2 is 2.18 bits per heavy atom. The van der Waals surface area contributed by atoms with E-state index in [0.29, 0.717) is 5.88 Å². The maximum absolute atomic E-state index is 11.2. The number of rotatable bonds is 3.